The largest absolute Gasteiger partial charge is 0.478 e. The number of benzene rings is 2. The van der Waals surface area contributed by atoms with Crippen LogP contribution in [-0.4, -0.2) is 43.7 Å². The summed E-state index contributed by atoms with van der Waals surface area (Å²) >= 11 is 0. The second kappa shape index (κ2) is 14.8. The van der Waals surface area contributed by atoms with Gasteiger partial charge in [-0.25, -0.2) is 9.59 Å². The molecule has 0 amide bonds. The second-order valence-corrected chi connectivity index (χ2v) is 15.0. The van der Waals surface area contributed by atoms with E-state index in [1.165, 1.54) is 63.0 Å². The number of pyridine rings is 2. The predicted octanol–water partition coefficient (Wildman–Crippen LogP) is 9.60. The minimum atomic E-state index is -0.880. The minimum Gasteiger partial charge on any atom is -0.478 e. The molecule has 2 aromatic carbocycles. The highest BCUT2D eigenvalue weighted by Gasteiger charge is 2.27. The number of carboxylic acid groups (broad SMARTS) is 1. The Labute approximate surface area is 304 Å². The van der Waals surface area contributed by atoms with Crippen molar-refractivity contribution in [1.82, 2.24) is 19.5 Å². The fraction of sp³-hybridized carbons (Fsp3) is 0.364. The van der Waals surface area contributed by atoms with Crippen LogP contribution in [0.5, 0.6) is 0 Å². The van der Waals surface area contributed by atoms with Crippen molar-refractivity contribution in [2.75, 3.05) is 7.11 Å². The van der Waals surface area contributed by atoms with Crippen molar-refractivity contribution >= 4 is 33.7 Å². The summed E-state index contributed by atoms with van der Waals surface area (Å²) in [5.74, 6) is 0.685. The Balaban J connectivity index is 0.000000153. The zero-order valence-corrected chi connectivity index (χ0v) is 29.8. The van der Waals surface area contributed by atoms with E-state index in [1.807, 2.05) is 36.8 Å². The first kappa shape index (κ1) is 33.9. The fourth-order valence-electron chi connectivity index (χ4n) is 7.82. The van der Waals surface area contributed by atoms with Crippen molar-refractivity contribution in [3.05, 3.63) is 130 Å². The lowest BCUT2D eigenvalue weighted by molar-refractivity contribution is 0.0598. The molecule has 0 atom stereocenters. The van der Waals surface area contributed by atoms with Crippen LogP contribution in [0.4, 0.5) is 0 Å². The summed E-state index contributed by atoms with van der Waals surface area (Å²) < 4.78 is 7.33. The Morgan fingerprint density at radius 2 is 1.40 bits per heavy atom. The van der Waals surface area contributed by atoms with Crippen molar-refractivity contribution in [2.45, 2.75) is 89.0 Å². The summed E-state index contributed by atoms with van der Waals surface area (Å²) in [4.78, 5) is 36.2. The molecule has 4 aromatic heterocycles. The van der Waals surface area contributed by atoms with Gasteiger partial charge in [-0.3, -0.25) is 9.97 Å². The molecule has 266 valence electrons. The van der Waals surface area contributed by atoms with E-state index in [0.717, 1.165) is 64.2 Å². The van der Waals surface area contributed by atoms with Crippen LogP contribution in [-0.2, 0) is 24.1 Å². The topological polar surface area (TPSA) is 110 Å². The number of hydrogen-bond acceptors (Lipinski definition) is 5. The van der Waals surface area contributed by atoms with E-state index in [0.29, 0.717) is 41.5 Å². The van der Waals surface area contributed by atoms with Gasteiger partial charge >= 0.3 is 11.9 Å². The van der Waals surface area contributed by atoms with Gasteiger partial charge in [-0.1, -0.05) is 31.4 Å². The molecule has 0 radical (unpaired) electrons. The van der Waals surface area contributed by atoms with Crippen LogP contribution >= 0.6 is 0 Å². The maximum Gasteiger partial charge on any atom is 0.339 e. The second-order valence-electron chi connectivity index (χ2n) is 15.0. The van der Waals surface area contributed by atoms with Gasteiger partial charge in [0, 0.05) is 55.2 Å². The average Bonchev–Trinajstić information content (AvgIpc) is 4.11. The number of carboxylic acids is 1. The Kier molecular flexibility index (Phi) is 9.63. The summed E-state index contributed by atoms with van der Waals surface area (Å²) in [6.07, 6.45) is 20.6. The predicted molar refractivity (Wildman–Crippen MR) is 203 cm³/mol. The molecule has 8 heteroatoms. The van der Waals surface area contributed by atoms with Gasteiger partial charge < -0.3 is 19.4 Å². The smallest absolute Gasteiger partial charge is 0.339 e. The molecule has 52 heavy (non-hydrogen) atoms. The highest BCUT2D eigenvalue weighted by atomic mass is 16.5. The maximum absolute atomic E-state index is 12.1. The van der Waals surface area contributed by atoms with Gasteiger partial charge in [0.05, 0.1) is 29.6 Å². The highest BCUT2D eigenvalue weighted by molar-refractivity contribution is 5.91. The number of H-pyrrole nitrogens is 1. The number of rotatable bonds is 10. The monoisotopic (exact) mass is 694 g/mol. The van der Waals surface area contributed by atoms with E-state index in [-0.39, 0.29) is 5.97 Å². The van der Waals surface area contributed by atoms with Gasteiger partial charge in [0.25, 0.3) is 0 Å². The first-order chi connectivity index (χ1) is 25.4. The zero-order chi connectivity index (χ0) is 35.6. The molecule has 6 aromatic rings. The molecule has 3 saturated carbocycles. The zero-order valence-electron chi connectivity index (χ0n) is 29.8. The summed E-state index contributed by atoms with van der Waals surface area (Å²) in [5, 5.41) is 12.0. The third-order valence-electron chi connectivity index (χ3n) is 11.1. The van der Waals surface area contributed by atoms with Gasteiger partial charge in [-0.15, -0.1) is 0 Å². The minimum absolute atomic E-state index is 0.308. The number of hydrogen-bond donors (Lipinski definition) is 2. The molecule has 8 nitrogen and oxygen atoms in total. The third-order valence-corrected chi connectivity index (χ3v) is 11.1. The van der Waals surface area contributed by atoms with Crippen LogP contribution in [0.15, 0.2) is 85.5 Å². The molecule has 0 unspecified atom stereocenters. The van der Waals surface area contributed by atoms with Crippen LogP contribution in [0.3, 0.4) is 0 Å². The lowest BCUT2D eigenvalue weighted by Crippen LogP contribution is -2.13. The SMILES string of the molecule is COC(=O)c1cc(C2CC2)cnc1Cc1ccc2[nH]ccc2c1.O=C(O)c1cc(C2CC2)cnc1Cc1ccc2c(ccn2CC2CCCCC2)c1. The van der Waals surface area contributed by atoms with Crippen LogP contribution in [0.1, 0.15) is 124 Å². The number of aromatic nitrogens is 4. The number of carbonyl (C=O) groups is 2. The molecule has 4 heterocycles. The number of ether oxygens (including phenoxy) is 1. The van der Waals surface area contributed by atoms with E-state index < -0.39 is 5.97 Å². The summed E-state index contributed by atoms with van der Waals surface area (Å²) in [6, 6.07) is 20.8. The van der Waals surface area contributed by atoms with E-state index in [9.17, 15) is 14.7 Å². The van der Waals surface area contributed by atoms with Crippen LogP contribution in [0.25, 0.3) is 21.8 Å². The standard InChI is InChI=1S/C25H28N2O2.C19H18N2O2/c28-25(29)22-14-21(19-7-8-19)15-26-23(22)13-18-6-9-24-20(12-18)10-11-27(24)16-17-4-2-1-3-5-17;1-23-19(22)16-10-15(13-3-4-13)11-21-18(16)9-12-2-5-17-14(8-12)6-7-20-17/h6,9-12,14-15,17,19H,1-5,7-8,13,16H2,(H,28,29);2,5-8,10-11,13,20H,3-4,9H2,1H3. The number of fused-ring (bicyclic) bond motifs is 2. The molecule has 3 fully saturated rings. The van der Waals surface area contributed by atoms with Crippen molar-refractivity contribution in [2.24, 2.45) is 5.92 Å². The molecule has 2 N–H and O–H groups in total. The molecule has 0 spiro atoms. The molecule has 3 aliphatic rings. The van der Waals surface area contributed by atoms with E-state index >= 15 is 0 Å². The number of aromatic amines is 1. The van der Waals surface area contributed by atoms with Gasteiger partial charge in [0.2, 0.25) is 0 Å². The highest BCUT2D eigenvalue weighted by Crippen LogP contribution is 2.41. The van der Waals surface area contributed by atoms with Crippen LogP contribution in [0, 0.1) is 5.92 Å². The fourth-order valence-corrected chi connectivity index (χ4v) is 7.82. The van der Waals surface area contributed by atoms with E-state index in [4.69, 9.17) is 4.74 Å². The summed E-state index contributed by atoms with van der Waals surface area (Å²) in [5.41, 5.74) is 9.22. The summed E-state index contributed by atoms with van der Waals surface area (Å²) in [6.45, 7) is 1.11. The Morgan fingerprint density at radius 3 is 2.06 bits per heavy atom. The third kappa shape index (κ3) is 7.66. The Hall–Kier alpha value is -5.24. The first-order valence-corrected chi connectivity index (χ1v) is 18.8. The van der Waals surface area contributed by atoms with Gasteiger partial charge in [-0.05, 0) is 138 Å². The van der Waals surface area contributed by atoms with Crippen LogP contribution < -0.4 is 0 Å². The van der Waals surface area contributed by atoms with Crippen molar-refractivity contribution in [3.63, 3.8) is 0 Å². The molecule has 9 rings (SSSR count). The van der Waals surface area contributed by atoms with Crippen LogP contribution in [0.2, 0.25) is 0 Å². The molecule has 0 bridgehead atoms. The molecule has 3 aliphatic carbocycles. The van der Waals surface area contributed by atoms with Crippen molar-refractivity contribution in [3.8, 4) is 0 Å². The summed E-state index contributed by atoms with van der Waals surface area (Å²) in [7, 11) is 1.42. The number of nitrogens with one attached hydrogen (secondary N) is 1. The van der Waals surface area contributed by atoms with Crippen molar-refractivity contribution < 1.29 is 19.4 Å². The normalized spacial score (nSPS) is 16.1. The van der Waals surface area contributed by atoms with E-state index in [2.05, 4.69) is 68.2 Å². The number of carbonyl (C=O) groups excluding carboxylic acids is 1. The number of esters is 1. The van der Waals surface area contributed by atoms with Gasteiger partial charge in [0.15, 0.2) is 0 Å². The average molecular weight is 695 g/mol. The molecule has 0 saturated heterocycles. The van der Waals surface area contributed by atoms with E-state index in [1.54, 1.807) is 0 Å². The van der Waals surface area contributed by atoms with Gasteiger partial charge in [0.1, 0.15) is 0 Å². The molecular formula is C44H46N4O4. The lowest BCUT2D eigenvalue weighted by Gasteiger charge is -2.22. The molecular weight excluding hydrogens is 649 g/mol. The molecule has 0 aliphatic heterocycles. The lowest BCUT2D eigenvalue weighted by atomic mass is 9.89. The Morgan fingerprint density at radius 1 is 0.769 bits per heavy atom. The quantitative estimate of drug-likeness (QED) is 0.138. The number of aromatic carboxylic acids is 1. The number of methoxy groups -OCH3 is 1. The maximum atomic E-state index is 12.1. The van der Waals surface area contributed by atoms with Crippen molar-refractivity contribution in [1.29, 1.82) is 0 Å². The number of nitrogens with zero attached hydrogens (tertiary/aromatic N) is 3. The Bertz CT molecular complexity index is 2240. The first-order valence-electron chi connectivity index (χ1n) is 18.8. The van der Waals surface area contributed by atoms with Gasteiger partial charge in [-0.2, -0.15) is 0 Å².